The van der Waals surface area contributed by atoms with Crippen molar-refractivity contribution in [2.75, 3.05) is 6.54 Å². The smallest absolute Gasteiger partial charge is 0.252 e. The van der Waals surface area contributed by atoms with Crippen molar-refractivity contribution in [1.29, 1.82) is 0 Å². The minimum atomic E-state index is -0.0749. The second-order valence-corrected chi connectivity index (χ2v) is 12.8. The van der Waals surface area contributed by atoms with Gasteiger partial charge in [-0.05, 0) is 109 Å². The number of amides is 2. The molecule has 0 unspecified atom stereocenters. The average Bonchev–Trinajstić information content (AvgIpc) is 3.49. The van der Waals surface area contributed by atoms with Gasteiger partial charge in [0.25, 0.3) is 5.91 Å². The highest BCUT2D eigenvalue weighted by molar-refractivity contribution is 6.06. The molecule has 7 nitrogen and oxygen atoms in total. The minimum absolute atomic E-state index is 0.0132. The molecule has 1 aromatic carbocycles. The fourth-order valence-electron chi connectivity index (χ4n) is 6.62. The summed E-state index contributed by atoms with van der Waals surface area (Å²) >= 11 is 0. The van der Waals surface area contributed by atoms with E-state index in [1.54, 1.807) is 0 Å². The maximum absolute atomic E-state index is 13.7. The largest absolute Gasteiger partial charge is 0.348 e. The number of nitrogens with zero attached hydrogens (tertiary/aromatic N) is 2. The van der Waals surface area contributed by atoms with Gasteiger partial charge in [0, 0.05) is 28.7 Å². The molecule has 2 fully saturated rings. The lowest BCUT2D eigenvalue weighted by molar-refractivity contribution is -0.108. The van der Waals surface area contributed by atoms with Crippen LogP contribution in [0.25, 0.3) is 10.9 Å². The molecule has 1 aliphatic heterocycles. The molecular formula is C31H45N5O2. The predicted molar refractivity (Wildman–Crippen MR) is 154 cm³/mol. The first-order valence-electron chi connectivity index (χ1n) is 14.0. The van der Waals surface area contributed by atoms with Crippen molar-refractivity contribution in [2.24, 2.45) is 0 Å². The quantitative estimate of drug-likeness (QED) is 0.300. The lowest BCUT2D eigenvalue weighted by Gasteiger charge is -2.46. The zero-order valence-electron chi connectivity index (χ0n) is 24.2. The Kier molecular flexibility index (Phi) is 8.17. The number of hydrogen-bond donors (Lipinski definition) is 3. The van der Waals surface area contributed by atoms with E-state index in [2.05, 4.69) is 60.5 Å². The van der Waals surface area contributed by atoms with Crippen LogP contribution in [0.15, 0.2) is 41.2 Å². The molecule has 2 amide bonds. The van der Waals surface area contributed by atoms with Crippen LogP contribution in [0.1, 0.15) is 115 Å². The summed E-state index contributed by atoms with van der Waals surface area (Å²) in [6.45, 7) is 15.4. The Bertz CT molecular complexity index is 1240. The van der Waals surface area contributed by atoms with Gasteiger partial charge in [0.15, 0.2) is 0 Å². The summed E-state index contributed by atoms with van der Waals surface area (Å²) in [5.74, 6) is 0.278. The fourth-order valence-corrected chi connectivity index (χ4v) is 6.62. The van der Waals surface area contributed by atoms with E-state index in [0.29, 0.717) is 30.5 Å². The second-order valence-electron chi connectivity index (χ2n) is 12.8. The number of benzene rings is 1. The van der Waals surface area contributed by atoms with E-state index in [0.717, 1.165) is 53.4 Å². The van der Waals surface area contributed by atoms with E-state index < -0.39 is 0 Å². The number of rotatable bonds is 8. The van der Waals surface area contributed by atoms with Gasteiger partial charge in [0.1, 0.15) is 0 Å². The average molecular weight is 520 g/mol. The molecule has 7 heteroatoms. The molecule has 2 heterocycles. The van der Waals surface area contributed by atoms with Gasteiger partial charge in [0.05, 0.1) is 23.3 Å². The number of carbonyl (C=O) groups is 2. The molecule has 0 spiro atoms. The normalized spacial score (nSPS) is 20.9. The Balaban J connectivity index is 1.69. The van der Waals surface area contributed by atoms with Crippen molar-refractivity contribution in [2.45, 2.75) is 110 Å². The molecule has 3 N–H and O–H groups in total. The summed E-state index contributed by atoms with van der Waals surface area (Å²) in [5.41, 5.74) is 5.87. The van der Waals surface area contributed by atoms with Crippen LogP contribution < -0.4 is 16.0 Å². The van der Waals surface area contributed by atoms with Gasteiger partial charge in [-0.3, -0.25) is 14.3 Å². The third-order valence-corrected chi connectivity index (χ3v) is 8.22. The van der Waals surface area contributed by atoms with Crippen LogP contribution in [0.4, 0.5) is 0 Å². The Morgan fingerprint density at radius 1 is 1.11 bits per heavy atom. The van der Waals surface area contributed by atoms with Crippen LogP contribution in [0.3, 0.4) is 0 Å². The van der Waals surface area contributed by atoms with Crippen LogP contribution >= 0.6 is 0 Å². The summed E-state index contributed by atoms with van der Waals surface area (Å²) in [5, 5.41) is 15.3. The topological polar surface area (TPSA) is 88.1 Å². The SMILES string of the molecule is CC(=CC(C)=C(C)CNC(=O)c1cc(C2CC(C)(C)NC(C)(C)C2)cc2c1cnn2C1CCCC1)NC=O. The van der Waals surface area contributed by atoms with Gasteiger partial charge < -0.3 is 16.0 Å². The molecule has 1 saturated carbocycles. The third kappa shape index (κ3) is 6.37. The first kappa shape index (κ1) is 28.1. The first-order valence-corrected chi connectivity index (χ1v) is 14.0. The molecule has 206 valence electrons. The second kappa shape index (κ2) is 11.0. The van der Waals surface area contributed by atoms with E-state index in [9.17, 15) is 9.59 Å². The van der Waals surface area contributed by atoms with Crippen LogP contribution in [-0.4, -0.2) is 39.7 Å². The van der Waals surface area contributed by atoms with Gasteiger partial charge in [-0.15, -0.1) is 0 Å². The molecule has 2 aliphatic rings. The van der Waals surface area contributed by atoms with Crippen molar-refractivity contribution in [3.05, 3.63) is 52.4 Å². The lowest BCUT2D eigenvalue weighted by Crippen LogP contribution is -2.57. The zero-order chi connectivity index (χ0) is 27.7. The molecule has 0 radical (unpaired) electrons. The number of nitrogens with one attached hydrogen (secondary N) is 3. The number of aromatic nitrogens is 2. The Morgan fingerprint density at radius 3 is 2.39 bits per heavy atom. The number of carbonyl (C=O) groups excluding carboxylic acids is 2. The molecule has 1 aliphatic carbocycles. The van der Waals surface area contributed by atoms with E-state index in [4.69, 9.17) is 5.10 Å². The summed E-state index contributed by atoms with van der Waals surface area (Å²) in [6.07, 6.45) is 11.3. The molecule has 38 heavy (non-hydrogen) atoms. The Hall–Kier alpha value is -2.93. The van der Waals surface area contributed by atoms with Gasteiger partial charge in [-0.2, -0.15) is 5.10 Å². The number of fused-ring (bicyclic) bond motifs is 1. The van der Waals surface area contributed by atoms with E-state index in [1.165, 1.54) is 18.4 Å². The molecule has 1 saturated heterocycles. The maximum atomic E-state index is 13.7. The number of piperidine rings is 1. The van der Waals surface area contributed by atoms with E-state index in [-0.39, 0.29) is 17.0 Å². The third-order valence-electron chi connectivity index (χ3n) is 8.22. The van der Waals surface area contributed by atoms with Crippen LogP contribution in [0, 0.1) is 0 Å². The van der Waals surface area contributed by atoms with Gasteiger partial charge in [0.2, 0.25) is 6.41 Å². The van der Waals surface area contributed by atoms with Crippen molar-refractivity contribution in [1.82, 2.24) is 25.7 Å². The van der Waals surface area contributed by atoms with Gasteiger partial charge >= 0.3 is 0 Å². The Labute approximate surface area is 227 Å². The highest BCUT2D eigenvalue weighted by Crippen LogP contribution is 2.41. The van der Waals surface area contributed by atoms with E-state index >= 15 is 0 Å². The van der Waals surface area contributed by atoms with Gasteiger partial charge in [-0.1, -0.05) is 18.4 Å². The molecule has 2 aromatic rings. The first-order chi connectivity index (χ1) is 17.9. The predicted octanol–water partition coefficient (Wildman–Crippen LogP) is 5.89. The van der Waals surface area contributed by atoms with Gasteiger partial charge in [-0.25, -0.2) is 0 Å². The van der Waals surface area contributed by atoms with E-state index in [1.807, 2.05) is 33.0 Å². The molecular weight excluding hydrogens is 474 g/mol. The molecule has 0 atom stereocenters. The van der Waals surface area contributed by atoms with Crippen LogP contribution in [0.5, 0.6) is 0 Å². The molecule has 4 rings (SSSR count). The molecule has 1 aromatic heterocycles. The maximum Gasteiger partial charge on any atom is 0.252 e. The lowest BCUT2D eigenvalue weighted by atomic mass is 9.73. The summed E-state index contributed by atoms with van der Waals surface area (Å²) in [4.78, 5) is 24.4. The van der Waals surface area contributed by atoms with Crippen molar-refractivity contribution >= 4 is 23.2 Å². The van der Waals surface area contributed by atoms with Crippen LogP contribution in [-0.2, 0) is 4.79 Å². The van der Waals surface area contributed by atoms with Crippen molar-refractivity contribution in [3.8, 4) is 0 Å². The van der Waals surface area contributed by atoms with Crippen molar-refractivity contribution < 1.29 is 9.59 Å². The fraction of sp³-hybridized carbons (Fsp3) is 0.581. The highest BCUT2D eigenvalue weighted by Gasteiger charge is 2.38. The standard InChI is InChI=1S/C31H45N5O2/c1-20(12-22(3)33-19-37)21(2)17-32-29(38)26-13-23(24-15-30(4,5)35-31(6,7)16-24)14-28-27(26)18-34-36(28)25-10-8-9-11-25/h12-14,18-19,24-25,35H,8-11,15-17H2,1-7H3,(H,32,38)(H,33,37). The minimum Gasteiger partial charge on any atom is -0.348 e. The Morgan fingerprint density at radius 2 is 1.76 bits per heavy atom. The number of allylic oxidation sites excluding steroid dienone is 3. The summed E-state index contributed by atoms with van der Waals surface area (Å²) in [7, 11) is 0. The molecule has 0 bridgehead atoms. The zero-order valence-corrected chi connectivity index (χ0v) is 24.2. The summed E-state index contributed by atoms with van der Waals surface area (Å²) < 4.78 is 2.18. The number of hydrogen-bond acceptors (Lipinski definition) is 4. The highest BCUT2D eigenvalue weighted by atomic mass is 16.1. The van der Waals surface area contributed by atoms with Crippen LogP contribution in [0.2, 0.25) is 0 Å². The monoisotopic (exact) mass is 519 g/mol. The summed E-state index contributed by atoms with van der Waals surface area (Å²) in [6, 6.07) is 4.83. The van der Waals surface area contributed by atoms with Crippen molar-refractivity contribution in [3.63, 3.8) is 0 Å².